The number of amides is 3. The first-order valence-corrected chi connectivity index (χ1v) is 16.5. The van der Waals surface area contributed by atoms with Gasteiger partial charge in [0.15, 0.2) is 5.75 Å². The lowest BCUT2D eigenvalue weighted by Crippen LogP contribution is -2.52. The molecule has 2 aromatic carbocycles. The quantitative estimate of drug-likeness (QED) is 0.444. The number of rotatable bonds is 6. The molecular formula is C35H42N6O4. The van der Waals surface area contributed by atoms with Gasteiger partial charge in [0.2, 0.25) is 17.7 Å². The first kappa shape index (κ1) is 29.6. The molecule has 7 rings (SSSR count). The number of aromatic nitrogens is 2. The van der Waals surface area contributed by atoms with Gasteiger partial charge in [-0.05, 0) is 81.8 Å². The van der Waals surface area contributed by atoms with E-state index in [1.807, 2.05) is 36.1 Å². The van der Waals surface area contributed by atoms with Crippen LogP contribution in [0.25, 0.3) is 10.9 Å². The number of carbonyl (C=O) groups is 3. The Labute approximate surface area is 263 Å². The van der Waals surface area contributed by atoms with E-state index in [1.165, 1.54) is 24.2 Å². The van der Waals surface area contributed by atoms with Crippen LogP contribution in [0, 0.1) is 12.8 Å². The Morgan fingerprint density at radius 3 is 2.67 bits per heavy atom. The van der Waals surface area contributed by atoms with Crippen molar-refractivity contribution in [2.45, 2.75) is 76.2 Å². The van der Waals surface area contributed by atoms with Crippen molar-refractivity contribution >= 4 is 34.8 Å². The Balaban J connectivity index is 1.07. The highest BCUT2D eigenvalue weighted by Crippen LogP contribution is 2.42. The SMILES string of the molecule is Cc1cc(CC(CC(=O)N2CCC3(C=NOc4ccccc43)CC2=O)C(=O)N2CCC(N3CCCCC3)CC2)cc2cn[nH]c12. The molecule has 4 aliphatic heterocycles. The topological polar surface area (TPSA) is 111 Å². The first-order chi connectivity index (χ1) is 21.9. The highest BCUT2D eigenvalue weighted by Gasteiger charge is 2.45. The summed E-state index contributed by atoms with van der Waals surface area (Å²) in [4.78, 5) is 53.0. The molecule has 0 radical (unpaired) electrons. The molecule has 3 fully saturated rings. The largest absolute Gasteiger partial charge is 0.357 e. The third-order valence-corrected chi connectivity index (χ3v) is 10.5. The van der Waals surface area contributed by atoms with Crippen molar-refractivity contribution in [1.82, 2.24) is 24.9 Å². The van der Waals surface area contributed by atoms with Crippen molar-refractivity contribution in [1.29, 1.82) is 0 Å². The molecule has 4 aliphatic rings. The number of hydrogen-bond acceptors (Lipinski definition) is 7. The summed E-state index contributed by atoms with van der Waals surface area (Å²) in [7, 11) is 0. The number of carbonyl (C=O) groups excluding carboxylic acids is 3. The second-order valence-corrected chi connectivity index (χ2v) is 13.3. The lowest BCUT2D eigenvalue weighted by Gasteiger charge is -2.41. The molecule has 3 saturated heterocycles. The van der Waals surface area contributed by atoms with Crippen molar-refractivity contribution in [3.05, 3.63) is 59.3 Å². The van der Waals surface area contributed by atoms with Crippen molar-refractivity contribution in [2.24, 2.45) is 11.1 Å². The van der Waals surface area contributed by atoms with Crippen LogP contribution in [0.2, 0.25) is 0 Å². The molecule has 45 heavy (non-hydrogen) atoms. The van der Waals surface area contributed by atoms with Crippen LogP contribution >= 0.6 is 0 Å². The molecule has 1 spiro atoms. The first-order valence-electron chi connectivity index (χ1n) is 16.5. The van der Waals surface area contributed by atoms with E-state index >= 15 is 0 Å². The van der Waals surface area contributed by atoms with E-state index in [-0.39, 0.29) is 37.1 Å². The van der Waals surface area contributed by atoms with Crippen molar-refractivity contribution in [3.8, 4) is 5.75 Å². The fourth-order valence-corrected chi connectivity index (χ4v) is 7.98. The van der Waals surface area contributed by atoms with Crippen molar-refractivity contribution in [3.63, 3.8) is 0 Å². The van der Waals surface area contributed by atoms with Gasteiger partial charge in [-0.1, -0.05) is 35.8 Å². The number of benzene rings is 2. The predicted octanol–water partition coefficient (Wildman–Crippen LogP) is 4.36. The van der Waals surface area contributed by atoms with Crippen LogP contribution in [-0.4, -0.2) is 87.6 Å². The predicted molar refractivity (Wildman–Crippen MR) is 171 cm³/mol. The maximum Gasteiger partial charge on any atom is 0.230 e. The molecular weight excluding hydrogens is 568 g/mol. The summed E-state index contributed by atoms with van der Waals surface area (Å²) in [6.45, 7) is 6.02. The second kappa shape index (κ2) is 12.4. The number of fused-ring (bicyclic) bond motifs is 3. The van der Waals surface area contributed by atoms with Crippen LogP contribution in [-0.2, 0) is 26.2 Å². The Morgan fingerprint density at radius 1 is 1.07 bits per heavy atom. The summed E-state index contributed by atoms with van der Waals surface area (Å²) in [6.07, 6.45) is 10.4. The van der Waals surface area contributed by atoms with Crippen LogP contribution in [0.15, 0.2) is 47.8 Å². The smallest absolute Gasteiger partial charge is 0.230 e. The zero-order valence-electron chi connectivity index (χ0n) is 26.0. The van der Waals surface area contributed by atoms with Gasteiger partial charge in [-0.25, -0.2) is 0 Å². The third kappa shape index (κ3) is 5.88. The van der Waals surface area contributed by atoms with Gasteiger partial charge in [-0.3, -0.25) is 24.4 Å². The van der Waals surface area contributed by atoms with E-state index in [4.69, 9.17) is 4.84 Å². The number of nitrogens with one attached hydrogen (secondary N) is 1. The number of para-hydroxylation sites is 1. The number of oxime groups is 1. The van der Waals surface area contributed by atoms with Crippen molar-refractivity contribution in [2.75, 3.05) is 32.7 Å². The fraction of sp³-hybridized carbons (Fsp3) is 0.514. The zero-order valence-corrected chi connectivity index (χ0v) is 26.0. The number of likely N-dealkylation sites (tertiary alicyclic amines) is 3. The molecule has 2 unspecified atom stereocenters. The summed E-state index contributed by atoms with van der Waals surface area (Å²) in [6, 6.07) is 12.3. The molecule has 1 aromatic heterocycles. The van der Waals surface area contributed by atoms with Gasteiger partial charge in [0.1, 0.15) is 0 Å². The molecule has 10 heteroatoms. The van der Waals surface area contributed by atoms with Gasteiger partial charge in [0, 0.05) is 54.9 Å². The van der Waals surface area contributed by atoms with E-state index in [1.54, 1.807) is 12.4 Å². The Hall–Kier alpha value is -4.05. The maximum atomic E-state index is 14.2. The van der Waals surface area contributed by atoms with Crippen LogP contribution < -0.4 is 4.84 Å². The van der Waals surface area contributed by atoms with E-state index in [0.29, 0.717) is 37.7 Å². The number of nitrogens with zero attached hydrogens (tertiary/aromatic N) is 5. The Kier molecular flexibility index (Phi) is 8.16. The van der Waals surface area contributed by atoms with E-state index in [0.717, 1.165) is 53.5 Å². The van der Waals surface area contributed by atoms with E-state index < -0.39 is 11.3 Å². The molecule has 5 heterocycles. The lowest BCUT2D eigenvalue weighted by molar-refractivity contribution is -0.151. The number of imide groups is 1. The number of aryl methyl sites for hydroxylation is 1. The molecule has 1 N–H and O–H groups in total. The molecule has 3 aromatic rings. The Bertz CT molecular complexity index is 1620. The van der Waals surface area contributed by atoms with Crippen LogP contribution in [0.3, 0.4) is 0 Å². The molecule has 0 saturated carbocycles. The lowest BCUT2D eigenvalue weighted by atomic mass is 9.72. The van der Waals surface area contributed by atoms with Gasteiger partial charge >= 0.3 is 0 Å². The van der Waals surface area contributed by atoms with Crippen LogP contribution in [0.4, 0.5) is 0 Å². The Morgan fingerprint density at radius 2 is 1.87 bits per heavy atom. The van der Waals surface area contributed by atoms with E-state index in [9.17, 15) is 14.4 Å². The number of piperidine rings is 3. The number of aromatic amines is 1. The molecule has 236 valence electrons. The standard InChI is InChI=1S/C35H42N6O4/c1-24-17-25(19-27-22-36-38-33(24)27)18-26(34(44)40-14-9-28(10-15-40)39-12-5-2-6-13-39)20-31(42)41-16-11-35(21-32(41)43)23-37-45-30-8-4-3-7-29(30)35/h3-4,7-8,17,19,22-23,26,28H,2,5-6,9-16,18,20-21H2,1H3,(H,36,38). The average molecular weight is 611 g/mol. The average Bonchev–Trinajstić information content (AvgIpc) is 3.54. The summed E-state index contributed by atoms with van der Waals surface area (Å²) in [5, 5.41) is 12.3. The fourth-order valence-electron chi connectivity index (χ4n) is 7.98. The molecule has 0 bridgehead atoms. The highest BCUT2D eigenvalue weighted by molar-refractivity contribution is 6.00. The number of H-pyrrole nitrogens is 1. The minimum atomic E-state index is -0.589. The summed E-state index contributed by atoms with van der Waals surface area (Å²) in [5.41, 5.74) is 3.35. The zero-order chi connectivity index (χ0) is 31.0. The van der Waals surface area contributed by atoms with E-state index in [2.05, 4.69) is 32.4 Å². The minimum absolute atomic E-state index is 0.000113. The highest BCUT2D eigenvalue weighted by atomic mass is 16.6. The van der Waals surface area contributed by atoms with Crippen LogP contribution in [0.5, 0.6) is 5.75 Å². The van der Waals surface area contributed by atoms with Gasteiger partial charge in [0.05, 0.1) is 23.8 Å². The second-order valence-electron chi connectivity index (χ2n) is 13.3. The summed E-state index contributed by atoms with van der Waals surface area (Å²) < 4.78 is 0. The summed E-state index contributed by atoms with van der Waals surface area (Å²) >= 11 is 0. The maximum absolute atomic E-state index is 14.2. The number of hydrogen-bond donors (Lipinski definition) is 1. The molecule has 2 atom stereocenters. The van der Waals surface area contributed by atoms with Gasteiger partial charge in [0.25, 0.3) is 0 Å². The molecule has 0 aliphatic carbocycles. The molecule has 3 amide bonds. The van der Waals surface area contributed by atoms with Crippen molar-refractivity contribution < 1.29 is 19.2 Å². The van der Waals surface area contributed by atoms with Gasteiger partial charge in [-0.15, -0.1) is 0 Å². The van der Waals surface area contributed by atoms with Crippen LogP contribution in [0.1, 0.15) is 68.1 Å². The van der Waals surface area contributed by atoms with Gasteiger partial charge in [-0.2, -0.15) is 5.10 Å². The minimum Gasteiger partial charge on any atom is -0.357 e. The third-order valence-electron chi connectivity index (χ3n) is 10.5. The summed E-state index contributed by atoms with van der Waals surface area (Å²) in [5.74, 6) is -0.417. The monoisotopic (exact) mass is 610 g/mol. The normalized spacial score (nSPS) is 23.3. The van der Waals surface area contributed by atoms with Gasteiger partial charge < -0.3 is 14.6 Å². The molecule has 10 nitrogen and oxygen atoms in total.